The molecule has 2 rings (SSSR count). The van der Waals surface area contributed by atoms with Crippen molar-refractivity contribution in [2.45, 2.75) is 18.6 Å². The maximum Gasteiger partial charge on any atom is 0.264 e. The van der Waals surface area contributed by atoms with Gasteiger partial charge in [0.15, 0.2) is 0 Å². The molecule has 1 aromatic carbocycles. The van der Waals surface area contributed by atoms with E-state index in [2.05, 4.69) is 5.32 Å². The number of benzene rings is 1. The molecule has 2 N–H and O–H groups in total. The van der Waals surface area contributed by atoms with Crippen LogP contribution in [0.4, 0.5) is 4.39 Å². The Labute approximate surface area is 120 Å². The highest BCUT2D eigenvalue weighted by Gasteiger charge is 2.49. The van der Waals surface area contributed by atoms with Gasteiger partial charge in [0, 0.05) is 31.6 Å². The van der Waals surface area contributed by atoms with E-state index in [1.54, 1.807) is 0 Å². The topological polar surface area (TPSA) is 69.6 Å². The molecule has 108 valence electrons. The molecule has 1 fully saturated rings. The fourth-order valence-corrected chi connectivity index (χ4v) is 2.35. The first-order valence-electron chi connectivity index (χ1n) is 6.04. The van der Waals surface area contributed by atoms with Gasteiger partial charge in [0.05, 0.1) is 0 Å². The lowest BCUT2D eigenvalue weighted by Gasteiger charge is -2.19. The summed E-state index contributed by atoms with van der Waals surface area (Å²) >= 11 is 5.70. The number of carbonyl (C=O) groups is 2. The summed E-state index contributed by atoms with van der Waals surface area (Å²) in [7, 11) is 1.51. The molecule has 7 heteroatoms. The average Bonchev–Trinajstić information content (AvgIpc) is 2.64. The molecule has 0 radical (unpaired) electrons. The molecule has 1 saturated heterocycles. The molecular weight excluding hydrogens is 287 g/mol. The number of aliphatic hydroxyl groups is 1. The minimum Gasteiger partial charge on any atom is -0.372 e. The summed E-state index contributed by atoms with van der Waals surface area (Å²) in [5.74, 6) is -1.93. The van der Waals surface area contributed by atoms with E-state index in [4.69, 9.17) is 11.6 Å². The number of likely N-dealkylation sites (N-methyl/N-ethyl adjacent to an activating group) is 1. The van der Waals surface area contributed by atoms with Crippen LogP contribution in [0.25, 0.3) is 0 Å². The summed E-state index contributed by atoms with van der Waals surface area (Å²) in [6, 6.07) is 3.87. The van der Waals surface area contributed by atoms with E-state index in [0.29, 0.717) is 12.1 Å². The Bertz CT molecular complexity index is 546. The minimum absolute atomic E-state index is 0.0182. The lowest BCUT2D eigenvalue weighted by atomic mass is 10.0. The smallest absolute Gasteiger partial charge is 0.264 e. The Hall–Kier alpha value is -1.66. The Morgan fingerprint density at radius 3 is 2.80 bits per heavy atom. The third-order valence-electron chi connectivity index (χ3n) is 3.26. The van der Waals surface area contributed by atoms with Gasteiger partial charge in [-0.3, -0.25) is 9.59 Å². The number of carbonyl (C=O) groups excluding carboxylic acids is 2. The summed E-state index contributed by atoms with van der Waals surface area (Å²) in [6.07, 6.45) is 0.0398. The Morgan fingerprint density at radius 2 is 2.25 bits per heavy atom. The van der Waals surface area contributed by atoms with E-state index in [1.165, 1.54) is 24.1 Å². The quantitative estimate of drug-likeness (QED) is 0.807. The van der Waals surface area contributed by atoms with Crippen LogP contribution < -0.4 is 5.32 Å². The molecule has 2 amide bonds. The third-order valence-corrected chi connectivity index (χ3v) is 3.48. The molecule has 0 aromatic heterocycles. The van der Waals surface area contributed by atoms with Crippen LogP contribution in [0.3, 0.4) is 0 Å². The zero-order valence-corrected chi connectivity index (χ0v) is 11.6. The highest BCUT2D eigenvalue weighted by atomic mass is 35.5. The van der Waals surface area contributed by atoms with Gasteiger partial charge in [-0.25, -0.2) is 4.39 Å². The van der Waals surface area contributed by atoms with E-state index < -0.39 is 23.2 Å². The molecular formula is C13H14ClFN2O3. The maximum absolute atomic E-state index is 13.1. The van der Waals surface area contributed by atoms with Gasteiger partial charge in [-0.2, -0.15) is 0 Å². The van der Waals surface area contributed by atoms with E-state index in [0.717, 1.165) is 6.07 Å². The maximum atomic E-state index is 13.1. The molecule has 1 aromatic rings. The predicted octanol–water partition coefficient (Wildman–Crippen LogP) is 0.689. The van der Waals surface area contributed by atoms with Crippen molar-refractivity contribution in [1.82, 2.24) is 10.2 Å². The number of amides is 2. The number of halogens is 2. The van der Waals surface area contributed by atoms with Crippen molar-refractivity contribution in [2.24, 2.45) is 0 Å². The van der Waals surface area contributed by atoms with Crippen molar-refractivity contribution in [1.29, 1.82) is 0 Å². The second-order valence-corrected chi connectivity index (χ2v) is 5.23. The van der Waals surface area contributed by atoms with Crippen LogP contribution >= 0.6 is 11.6 Å². The lowest BCUT2D eigenvalue weighted by molar-refractivity contribution is -0.153. The first-order valence-corrected chi connectivity index (χ1v) is 6.42. The standard InChI is InChI=1S/C13H14ClFN2O3/c1-17-3-2-13(20,12(17)19)11(18)16-7-8-4-9(14)6-10(15)5-8/h4-6,20H,2-3,7H2,1H3,(H,16,18)/t13-/m1/s1. The third kappa shape index (κ3) is 2.76. The van der Waals surface area contributed by atoms with Crippen molar-refractivity contribution in [2.75, 3.05) is 13.6 Å². The van der Waals surface area contributed by atoms with Crippen LogP contribution in [-0.2, 0) is 16.1 Å². The molecule has 20 heavy (non-hydrogen) atoms. The largest absolute Gasteiger partial charge is 0.372 e. The normalized spacial score (nSPS) is 22.2. The summed E-state index contributed by atoms with van der Waals surface area (Å²) in [4.78, 5) is 24.9. The van der Waals surface area contributed by atoms with Crippen LogP contribution in [-0.4, -0.2) is 41.0 Å². The van der Waals surface area contributed by atoms with Crippen molar-refractivity contribution in [3.63, 3.8) is 0 Å². The Balaban J connectivity index is 2.04. The summed E-state index contributed by atoms with van der Waals surface area (Å²) in [6.45, 7) is 0.296. The van der Waals surface area contributed by atoms with Crippen molar-refractivity contribution < 1.29 is 19.1 Å². The van der Waals surface area contributed by atoms with E-state index in [1.807, 2.05) is 0 Å². The summed E-state index contributed by atoms with van der Waals surface area (Å²) in [5.41, 5.74) is -1.59. The van der Waals surface area contributed by atoms with Crippen LogP contribution in [0.1, 0.15) is 12.0 Å². The van der Waals surface area contributed by atoms with Crippen molar-refractivity contribution in [3.8, 4) is 0 Å². The first kappa shape index (κ1) is 14.7. The van der Waals surface area contributed by atoms with Gasteiger partial charge in [-0.1, -0.05) is 11.6 Å². The van der Waals surface area contributed by atoms with Gasteiger partial charge in [-0.15, -0.1) is 0 Å². The molecule has 0 unspecified atom stereocenters. The molecule has 0 spiro atoms. The second-order valence-electron chi connectivity index (χ2n) is 4.80. The molecule has 5 nitrogen and oxygen atoms in total. The zero-order chi connectivity index (χ0) is 14.9. The molecule has 0 bridgehead atoms. The SMILES string of the molecule is CN1CC[C@@](O)(C(=O)NCc2cc(F)cc(Cl)c2)C1=O. The fraction of sp³-hybridized carbons (Fsp3) is 0.385. The number of hydrogen-bond donors (Lipinski definition) is 2. The van der Waals surface area contributed by atoms with Crippen LogP contribution in [0.5, 0.6) is 0 Å². The zero-order valence-electron chi connectivity index (χ0n) is 10.8. The predicted molar refractivity (Wildman–Crippen MR) is 70.5 cm³/mol. The van der Waals surface area contributed by atoms with Gasteiger partial charge >= 0.3 is 0 Å². The lowest BCUT2D eigenvalue weighted by Crippen LogP contribution is -2.51. The van der Waals surface area contributed by atoms with Crippen molar-refractivity contribution in [3.05, 3.63) is 34.6 Å². The van der Waals surface area contributed by atoms with Gasteiger partial charge in [0.2, 0.25) is 5.60 Å². The van der Waals surface area contributed by atoms with Crippen LogP contribution in [0, 0.1) is 5.82 Å². The van der Waals surface area contributed by atoms with Gasteiger partial charge in [0.1, 0.15) is 5.82 Å². The van der Waals surface area contributed by atoms with E-state index in [-0.39, 0.29) is 18.0 Å². The van der Waals surface area contributed by atoms with E-state index >= 15 is 0 Å². The van der Waals surface area contributed by atoms with Gasteiger partial charge < -0.3 is 15.3 Å². The fourth-order valence-electron chi connectivity index (χ4n) is 2.11. The number of likely N-dealkylation sites (tertiary alicyclic amines) is 1. The van der Waals surface area contributed by atoms with Gasteiger partial charge in [-0.05, 0) is 23.8 Å². The molecule has 1 atom stereocenters. The van der Waals surface area contributed by atoms with Crippen LogP contribution in [0.15, 0.2) is 18.2 Å². The molecule has 1 heterocycles. The minimum atomic E-state index is -2.04. The average molecular weight is 301 g/mol. The van der Waals surface area contributed by atoms with E-state index in [9.17, 15) is 19.1 Å². The second kappa shape index (κ2) is 5.38. The molecule has 0 saturated carbocycles. The highest BCUT2D eigenvalue weighted by molar-refractivity contribution is 6.30. The molecule has 1 aliphatic rings. The van der Waals surface area contributed by atoms with Crippen molar-refractivity contribution >= 4 is 23.4 Å². The number of nitrogens with zero attached hydrogens (tertiary/aromatic N) is 1. The molecule has 1 aliphatic heterocycles. The Kier molecular flexibility index (Phi) is 3.96. The summed E-state index contributed by atoms with van der Waals surface area (Å²) < 4.78 is 13.1. The summed E-state index contributed by atoms with van der Waals surface area (Å²) in [5, 5.41) is 12.7. The Morgan fingerprint density at radius 1 is 1.55 bits per heavy atom. The van der Waals surface area contributed by atoms with Gasteiger partial charge in [0.25, 0.3) is 11.8 Å². The molecule has 0 aliphatic carbocycles. The number of hydrogen-bond acceptors (Lipinski definition) is 3. The number of rotatable bonds is 3. The highest BCUT2D eigenvalue weighted by Crippen LogP contribution is 2.22. The number of nitrogens with one attached hydrogen (secondary N) is 1. The van der Waals surface area contributed by atoms with Crippen LogP contribution in [0.2, 0.25) is 5.02 Å². The monoisotopic (exact) mass is 300 g/mol. The first-order chi connectivity index (χ1) is 9.33.